The molecule has 148 valence electrons. The fourth-order valence-corrected chi connectivity index (χ4v) is 3.69. The molecule has 2 N–H and O–H groups in total. The number of rotatable bonds is 5. The molecule has 0 bridgehead atoms. The number of hydrogen-bond donors (Lipinski definition) is 2. The molecule has 1 aliphatic carbocycles. The Morgan fingerprint density at radius 2 is 1.64 bits per heavy atom. The molecule has 28 heavy (non-hydrogen) atoms. The molecule has 0 spiro atoms. The van der Waals surface area contributed by atoms with E-state index in [1.54, 1.807) is 12.1 Å². The Morgan fingerprint density at radius 1 is 0.964 bits per heavy atom. The fraction of sp³-hybridized carbons (Fsp3) is 0.364. The van der Waals surface area contributed by atoms with Crippen molar-refractivity contribution >= 4 is 11.8 Å². The topological polar surface area (TPSA) is 58.2 Å². The Hall–Kier alpha value is -2.76. The molecular weight excluding hydrogens is 362 g/mol. The molecule has 1 atom stereocenters. The second-order valence-electron chi connectivity index (χ2n) is 7.15. The summed E-state index contributed by atoms with van der Waals surface area (Å²) in [5.74, 6) is -2.51. The molecule has 1 aliphatic rings. The molecule has 1 saturated carbocycles. The third kappa shape index (κ3) is 4.55. The highest BCUT2D eigenvalue weighted by Crippen LogP contribution is 2.32. The maximum atomic E-state index is 13.6. The summed E-state index contributed by atoms with van der Waals surface area (Å²) in [5.41, 5.74) is 1.81. The highest BCUT2D eigenvalue weighted by molar-refractivity contribution is 5.97. The Bertz CT molecular complexity index is 846. The number of carbonyl (C=O) groups is 2. The first-order chi connectivity index (χ1) is 13.5. The van der Waals surface area contributed by atoms with Crippen LogP contribution in [-0.2, 0) is 4.79 Å². The predicted molar refractivity (Wildman–Crippen MR) is 103 cm³/mol. The Kier molecular flexibility index (Phi) is 6.39. The summed E-state index contributed by atoms with van der Waals surface area (Å²) in [5, 5.41) is 5.04. The molecule has 0 aliphatic heterocycles. The van der Waals surface area contributed by atoms with Gasteiger partial charge in [0.1, 0.15) is 6.04 Å². The van der Waals surface area contributed by atoms with E-state index in [1.807, 2.05) is 12.1 Å². The molecule has 1 unspecified atom stereocenters. The van der Waals surface area contributed by atoms with Crippen LogP contribution in [0, 0.1) is 11.6 Å². The number of carbonyl (C=O) groups excluding carboxylic acids is 2. The van der Waals surface area contributed by atoms with Crippen LogP contribution in [-0.4, -0.2) is 18.9 Å². The van der Waals surface area contributed by atoms with E-state index in [1.165, 1.54) is 50.8 Å². The minimum absolute atomic E-state index is 0.172. The Balaban J connectivity index is 1.75. The van der Waals surface area contributed by atoms with Crippen molar-refractivity contribution in [3.8, 4) is 0 Å². The van der Waals surface area contributed by atoms with E-state index >= 15 is 0 Å². The summed E-state index contributed by atoms with van der Waals surface area (Å²) in [7, 11) is 1.42. The van der Waals surface area contributed by atoms with Crippen LogP contribution in [0.15, 0.2) is 42.5 Å². The smallest absolute Gasteiger partial charge is 0.252 e. The summed E-state index contributed by atoms with van der Waals surface area (Å²) >= 11 is 0. The molecule has 1 fully saturated rings. The van der Waals surface area contributed by atoms with Gasteiger partial charge in [0.25, 0.3) is 5.91 Å². The van der Waals surface area contributed by atoms with Gasteiger partial charge < -0.3 is 10.6 Å². The van der Waals surface area contributed by atoms with E-state index in [0.29, 0.717) is 11.5 Å². The second kappa shape index (κ2) is 8.95. The standard InChI is InChI=1S/C22H24F2N2O2/c1-25-22(28)20(17-11-12-18(23)19(24)13-17)26-21(27)16-9-7-15(8-10-16)14-5-3-2-4-6-14/h7-14,20H,2-6H2,1H3,(H,25,28)(H,26,27). The van der Waals surface area contributed by atoms with Crippen LogP contribution in [0.5, 0.6) is 0 Å². The van der Waals surface area contributed by atoms with Crippen LogP contribution in [0.2, 0.25) is 0 Å². The van der Waals surface area contributed by atoms with E-state index in [9.17, 15) is 18.4 Å². The summed E-state index contributed by atoms with van der Waals surface area (Å²) in [6.45, 7) is 0. The lowest BCUT2D eigenvalue weighted by Gasteiger charge is -2.22. The SMILES string of the molecule is CNC(=O)C(NC(=O)c1ccc(C2CCCCC2)cc1)c1ccc(F)c(F)c1. The van der Waals surface area contributed by atoms with Crippen molar-refractivity contribution in [1.29, 1.82) is 0 Å². The molecule has 6 heteroatoms. The van der Waals surface area contributed by atoms with Gasteiger partial charge in [0.15, 0.2) is 11.6 Å². The van der Waals surface area contributed by atoms with Gasteiger partial charge >= 0.3 is 0 Å². The summed E-state index contributed by atoms with van der Waals surface area (Å²) < 4.78 is 26.8. The maximum Gasteiger partial charge on any atom is 0.252 e. The third-order valence-electron chi connectivity index (χ3n) is 5.31. The summed E-state index contributed by atoms with van der Waals surface area (Å²) in [4.78, 5) is 24.8. The lowest BCUT2D eigenvalue weighted by molar-refractivity contribution is -0.122. The van der Waals surface area contributed by atoms with E-state index in [4.69, 9.17) is 0 Å². The average molecular weight is 386 g/mol. The highest BCUT2D eigenvalue weighted by Gasteiger charge is 2.24. The van der Waals surface area contributed by atoms with Crippen molar-refractivity contribution in [2.75, 3.05) is 7.05 Å². The molecule has 2 amide bonds. The van der Waals surface area contributed by atoms with Gasteiger partial charge in [0.2, 0.25) is 5.91 Å². The normalized spacial score (nSPS) is 15.7. The monoisotopic (exact) mass is 386 g/mol. The first kappa shape index (κ1) is 20.0. The minimum atomic E-state index is -1.12. The van der Waals surface area contributed by atoms with Crippen LogP contribution in [0.4, 0.5) is 8.78 Å². The predicted octanol–water partition coefficient (Wildman–Crippen LogP) is 4.23. The zero-order chi connectivity index (χ0) is 20.1. The number of amides is 2. The van der Waals surface area contributed by atoms with E-state index in [2.05, 4.69) is 10.6 Å². The van der Waals surface area contributed by atoms with Gasteiger partial charge in [-0.25, -0.2) is 8.78 Å². The number of likely N-dealkylation sites (N-methyl/N-ethyl adjacent to an activating group) is 1. The number of benzene rings is 2. The molecule has 3 rings (SSSR count). The first-order valence-corrected chi connectivity index (χ1v) is 9.57. The van der Waals surface area contributed by atoms with Crippen LogP contribution in [0.3, 0.4) is 0 Å². The van der Waals surface area contributed by atoms with Crippen molar-refractivity contribution in [2.45, 2.75) is 44.1 Å². The molecule has 2 aromatic carbocycles. The van der Waals surface area contributed by atoms with Crippen molar-refractivity contribution in [1.82, 2.24) is 10.6 Å². The van der Waals surface area contributed by atoms with Gasteiger partial charge in [0, 0.05) is 12.6 Å². The molecule has 0 aromatic heterocycles. The number of nitrogens with one attached hydrogen (secondary N) is 2. The molecule has 0 heterocycles. The zero-order valence-corrected chi connectivity index (χ0v) is 15.8. The molecular formula is C22H24F2N2O2. The zero-order valence-electron chi connectivity index (χ0n) is 15.8. The van der Waals surface area contributed by atoms with Gasteiger partial charge in [-0.15, -0.1) is 0 Å². The van der Waals surface area contributed by atoms with Crippen molar-refractivity contribution in [3.05, 3.63) is 70.8 Å². The third-order valence-corrected chi connectivity index (χ3v) is 5.31. The van der Waals surface area contributed by atoms with Gasteiger partial charge in [-0.05, 0) is 54.2 Å². The quantitative estimate of drug-likeness (QED) is 0.808. The summed E-state index contributed by atoms with van der Waals surface area (Å²) in [6, 6.07) is 9.41. The molecule has 4 nitrogen and oxygen atoms in total. The van der Waals surface area contributed by atoms with Gasteiger partial charge in [-0.1, -0.05) is 37.5 Å². The van der Waals surface area contributed by atoms with Crippen LogP contribution >= 0.6 is 0 Å². The maximum absolute atomic E-state index is 13.6. The molecule has 0 radical (unpaired) electrons. The van der Waals surface area contributed by atoms with Crippen LogP contribution in [0.25, 0.3) is 0 Å². The Morgan fingerprint density at radius 3 is 2.25 bits per heavy atom. The summed E-state index contributed by atoms with van der Waals surface area (Å²) in [6.07, 6.45) is 6.08. The largest absolute Gasteiger partial charge is 0.357 e. The first-order valence-electron chi connectivity index (χ1n) is 9.57. The van der Waals surface area contributed by atoms with E-state index < -0.39 is 29.5 Å². The average Bonchev–Trinajstić information content (AvgIpc) is 2.74. The lowest BCUT2D eigenvalue weighted by atomic mass is 9.84. The highest BCUT2D eigenvalue weighted by atomic mass is 19.2. The molecule has 2 aromatic rings. The Labute approximate surface area is 163 Å². The van der Waals surface area contributed by atoms with Gasteiger partial charge in [0.05, 0.1) is 0 Å². The second-order valence-corrected chi connectivity index (χ2v) is 7.15. The fourth-order valence-electron chi connectivity index (χ4n) is 3.69. The van der Waals surface area contributed by atoms with Gasteiger partial charge in [-0.3, -0.25) is 9.59 Å². The lowest BCUT2D eigenvalue weighted by Crippen LogP contribution is -2.39. The van der Waals surface area contributed by atoms with Crippen molar-refractivity contribution in [2.24, 2.45) is 0 Å². The minimum Gasteiger partial charge on any atom is -0.357 e. The van der Waals surface area contributed by atoms with Crippen LogP contribution < -0.4 is 10.6 Å². The van der Waals surface area contributed by atoms with E-state index in [0.717, 1.165) is 12.1 Å². The number of hydrogen-bond acceptors (Lipinski definition) is 2. The van der Waals surface area contributed by atoms with Gasteiger partial charge in [-0.2, -0.15) is 0 Å². The van der Waals surface area contributed by atoms with Crippen molar-refractivity contribution < 1.29 is 18.4 Å². The van der Waals surface area contributed by atoms with Crippen molar-refractivity contribution in [3.63, 3.8) is 0 Å². The van der Waals surface area contributed by atoms with Crippen LogP contribution in [0.1, 0.15) is 65.5 Å². The van der Waals surface area contributed by atoms with E-state index in [-0.39, 0.29) is 5.56 Å². The molecule has 0 saturated heterocycles. The number of halogens is 2.